The van der Waals surface area contributed by atoms with Gasteiger partial charge in [-0.05, 0) is 109 Å². The van der Waals surface area contributed by atoms with Crippen LogP contribution in [0.1, 0.15) is 52.7 Å². The molecule has 0 radical (unpaired) electrons. The van der Waals surface area contributed by atoms with Gasteiger partial charge < -0.3 is 9.80 Å². The van der Waals surface area contributed by atoms with Gasteiger partial charge in [0.2, 0.25) is 13.4 Å². The molecule has 11 rings (SSSR count). The molecule has 7 aromatic carbocycles. The molecule has 4 heteroatoms. The van der Waals surface area contributed by atoms with Gasteiger partial charge in [0.1, 0.15) is 0 Å². The van der Waals surface area contributed by atoms with Crippen LogP contribution in [0.4, 0.5) is 34.1 Å². The van der Waals surface area contributed by atoms with E-state index >= 15 is 0 Å². The van der Waals surface area contributed by atoms with Crippen LogP contribution in [-0.4, -0.2) is 13.4 Å². The Kier molecular flexibility index (Phi) is 6.42. The minimum atomic E-state index is -0.196. The van der Waals surface area contributed by atoms with Crippen LogP contribution in [0.15, 0.2) is 146 Å². The van der Waals surface area contributed by atoms with E-state index in [0.29, 0.717) is 0 Å². The fourth-order valence-electron chi connectivity index (χ4n) is 10.3. The molecule has 0 aromatic heterocycles. The maximum Gasteiger partial charge on any atom is 0.248 e. The molecule has 4 aliphatic heterocycles. The summed E-state index contributed by atoms with van der Waals surface area (Å²) in [7, 11) is 0. The smallest absolute Gasteiger partial charge is 0.248 e. The highest BCUT2D eigenvalue weighted by Crippen LogP contribution is 2.49. The second kappa shape index (κ2) is 10.9. The molecule has 0 fully saturated rings. The van der Waals surface area contributed by atoms with E-state index in [1.165, 1.54) is 100 Å². The van der Waals surface area contributed by atoms with Crippen molar-refractivity contribution in [1.82, 2.24) is 0 Å². The zero-order valence-electron chi connectivity index (χ0n) is 31.9. The average molecular weight is 693 g/mol. The van der Waals surface area contributed by atoms with Crippen molar-refractivity contribution in [2.75, 3.05) is 9.80 Å². The van der Waals surface area contributed by atoms with Gasteiger partial charge in [0.15, 0.2) is 0 Å². The molecule has 0 amide bonds. The third-order valence-corrected chi connectivity index (χ3v) is 12.5. The standard InChI is InChI=1S/C50H42B2N2/c1-49(2,3)31-27-28-39-37(29-31)36-23-16-25-41-46(36)52(39)47-43(53(41)32-17-9-7-10-18-32)30-40-48(44(47)50(4,5)6)54(33-19-11-8-12-20-33)42-26-15-22-35-34-21-13-14-24-38(34)51(40)45(35)42/h7-30H,1-6H3. The van der Waals surface area contributed by atoms with Crippen molar-refractivity contribution in [2.24, 2.45) is 0 Å². The van der Waals surface area contributed by atoms with E-state index in [1.807, 2.05) is 0 Å². The van der Waals surface area contributed by atoms with Crippen LogP contribution < -0.4 is 42.6 Å². The second-order valence-electron chi connectivity index (χ2n) is 17.7. The van der Waals surface area contributed by atoms with E-state index in [4.69, 9.17) is 0 Å². The van der Waals surface area contributed by atoms with Crippen LogP contribution >= 0.6 is 0 Å². The summed E-state index contributed by atoms with van der Waals surface area (Å²) < 4.78 is 0. The molecule has 0 bridgehead atoms. The highest BCUT2D eigenvalue weighted by Gasteiger charge is 2.50. The quantitative estimate of drug-likeness (QED) is 0.167. The Morgan fingerprint density at radius 3 is 1.61 bits per heavy atom. The summed E-state index contributed by atoms with van der Waals surface area (Å²) in [5.41, 5.74) is 24.2. The molecular weight excluding hydrogens is 650 g/mol. The predicted molar refractivity (Wildman–Crippen MR) is 233 cm³/mol. The Bertz CT molecular complexity index is 2700. The summed E-state index contributed by atoms with van der Waals surface area (Å²) in [6.45, 7) is 14.5. The highest BCUT2D eigenvalue weighted by atomic mass is 15.2. The molecule has 2 nitrogen and oxygen atoms in total. The van der Waals surface area contributed by atoms with E-state index in [-0.39, 0.29) is 24.3 Å². The van der Waals surface area contributed by atoms with Crippen LogP contribution in [0.5, 0.6) is 0 Å². The molecule has 0 spiro atoms. The second-order valence-corrected chi connectivity index (χ2v) is 17.7. The van der Waals surface area contributed by atoms with Gasteiger partial charge in [0, 0.05) is 34.1 Å². The molecule has 4 aliphatic rings. The first-order chi connectivity index (χ1) is 26.1. The van der Waals surface area contributed by atoms with E-state index in [2.05, 4.69) is 197 Å². The molecule has 0 atom stereocenters. The Labute approximate surface area is 320 Å². The molecule has 0 saturated heterocycles. The number of rotatable bonds is 2. The maximum absolute atomic E-state index is 2.62. The van der Waals surface area contributed by atoms with Gasteiger partial charge >= 0.3 is 0 Å². The van der Waals surface area contributed by atoms with Gasteiger partial charge in [-0.1, -0.05) is 156 Å². The number of hydrogen-bond acceptors (Lipinski definition) is 2. The number of hydrogen-bond donors (Lipinski definition) is 0. The lowest BCUT2D eigenvalue weighted by molar-refractivity contribution is 0.590. The highest BCUT2D eigenvalue weighted by molar-refractivity contribution is 7.03. The van der Waals surface area contributed by atoms with Gasteiger partial charge in [-0.3, -0.25) is 0 Å². The molecular formula is C50H42B2N2. The van der Waals surface area contributed by atoms with Crippen LogP contribution in [0.3, 0.4) is 0 Å². The van der Waals surface area contributed by atoms with Crippen molar-refractivity contribution in [1.29, 1.82) is 0 Å². The van der Waals surface area contributed by atoms with Gasteiger partial charge in [-0.15, -0.1) is 0 Å². The number of nitrogens with zero attached hydrogens (tertiary/aromatic N) is 2. The Hall–Kier alpha value is -5.73. The Morgan fingerprint density at radius 2 is 0.944 bits per heavy atom. The molecule has 0 unspecified atom stereocenters. The Balaban J connectivity index is 1.32. The number of fused-ring (bicyclic) bond motifs is 10. The number of anilines is 6. The zero-order valence-corrected chi connectivity index (χ0v) is 31.9. The summed E-state index contributed by atoms with van der Waals surface area (Å²) >= 11 is 0. The van der Waals surface area contributed by atoms with Crippen LogP contribution in [0.2, 0.25) is 0 Å². The monoisotopic (exact) mass is 692 g/mol. The largest absolute Gasteiger partial charge is 0.312 e. The lowest BCUT2D eigenvalue weighted by Crippen LogP contribution is -2.61. The van der Waals surface area contributed by atoms with Crippen LogP contribution in [0, 0.1) is 0 Å². The molecule has 0 N–H and O–H groups in total. The third kappa shape index (κ3) is 4.20. The van der Waals surface area contributed by atoms with E-state index in [9.17, 15) is 0 Å². The topological polar surface area (TPSA) is 6.48 Å². The van der Waals surface area contributed by atoms with Crippen molar-refractivity contribution < 1.29 is 0 Å². The van der Waals surface area contributed by atoms with Crippen molar-refractivity contribution in [3.8, 4) is 22.3 Å². The normalized spacial score (nSPS) is 14.3. The first kappa shape index (κ1) is 31.8. The maximum atomic E-state index is 2.62. The lowest BCUT2D eigenvalue weighted by atomic mass is 9.33. The molecule has 0 saturated carbocycles. The third-order valence-electron chi connectivity index (χ3n) is 12.5. The van der Waals surface area contributed by atoms with E-state index < -0.39 is 0 Å². The molecule has 4 heterocycles. The van der Waals surface area contributed by atoms with E-state index in [0.717, 1.165) is 0 Å². The molecule has 0 aliphatic carbocycles. The summed E-state index contributed by atoms with van der Waals surface area (Å²) in [5.74, 6) is 0. The fourth-order valence-corrected chi connectivity index (χ4v) is 10.3. The summed E-state index contributed by atoms with van der Waals surface area (Å²) in [6, 6.07) is 55.2. The van der Waals surface area contributed by atoms with Gasteiger partial charge in [0.05, 0.1) is 0 Å². The lowest BCUT2D eigenvalue weighted by Gasteiger charge is -2.45. The first-order valence-corrected chi connectivity index (χ1v) is 19.5. The van der Waals surface area contributed by atoms with E-state index in [1.54, 1.807) is 0 Å². The SMILES string of the molecule is CC(C)(C)c1ccc2c(c1)-c1cccc3c1B2c1c(cc2c(c1C(C)(C)C)N(c1ccccc1)c1cccc4c1B2c1ccccc1-4)N3c1ccccc1. The predicted octanol–water partition coefficient (Wildman–Crippen LogP) is 8.84. The van der Waals surface area contributed by atoms with Crippen molar-refractivity contribution >= 4 is 80.3 Å². The van der Waals surface area contributed by atoms with Crippen LogP contribution in [-0.2, 0) is 10.8 Å². The summed E-state index contributed by atoms with van der Waals surface area (Å²) in [5, 5.41) is 0. The number of benzene rings is 7. The van der Waals surface area contributed by atoms with Crippen molar-refractivity contribution in [2.45, 2.75) is 52.4 Å². The van der Waals surface area contributed by atoms with Crippen molar-refractivity contribution in [3.05, 3.63) is 157 Å². The van der Waals surface area contributed by atoms with Crippen LogP contribution in [0.25, 0.3) is 22.3 Å². The Morgan fingerprint density at radius 1 is 0.389 bits per heavy atom. The first-order valence-electron chi connectivity index (χ1n) is 19.5. The molecule has 258 valence electrons. The molecule has 54 heavy (non-hydrogen) atoms. The van der Waals surface area contributed by atoms with Crippen molar-refractivity contribution in [3.63, 3.8) is 0 Å². The van der Waals surface area contributed by atoms with Gasteiger partial charge in [0.25, 0.3) is 0 Å². The average Bonchev–Trinajstić information content (AvgIpc) is 3.69. The fraction of sp³-hybridized carbons (Fsp3) is 0.160. The summed E-state index contributed by atoms with van der Waals surface area (Å²) in [4.78, 5) is 5.20. The van der Waals surface area contributed by atoms with Gasteiger partial charge in [-0.25, -0.2) is 0 Å². The minimum absolute atomic E-state index is 0.0503. The van der Waals surface area contributed by atoms with Gasteiger partial charge in [-0.2, -0.15) is 0 Å². The molecule has 7 aromatic rings. The zero-order chi connectivity index (χ0) is 36.7. The summed E-state index contributed by atoms with van der Waals surface area (Å²) in [6.07, 6.45) is 0. The number of para-hydroxylation sites is 2. The minimum Gasteiger partial charge on any atom is -0.312 e.